The summed E-state index contributed by atoms with van der Waals surface area (Å²) >= 11 is 11.8. The Morgan fingerprint density at radius 1 is 1.28 bits per heavy atom. The van der Waals surface area contributed by atoms with E-state index >= 15 is 0 Å². The van der Waals surface area contributed by atoms with Crippen LogP contribution >= 0.6 is 23.2 Å². The molecular formula is C12H14Cl2O3S. The van der Waals surface area contributed by atoms with Crippen LogP contribution in [0.25, 0.3) is 0 Å². The first kappa shape index (κ1) is 15.5. The lowest BCUT2D eigenvalue weighted by Gasteiger charge is -2.21. The Bertz CT molecular complexity index is 577. The lowest BCUT2D eigenvalue weighted by Crippen LogP contribution is -2.40. The summed E-state index contributed by atoms with van der Waals surface area (Å²) in [6.07, 6.45) is 0.990. The molecule has 0 aliphatic rings. The summed E-state index contributed by atoms with van der Waals surface area (Å²) in [6.45, 7) is 2.78. The number of Topliss-reactive ketones (excluding diaryl/α,β-unsaturated/α-hetero) is 1. The first-order valence-corrected chi connectivity index (χ1v) is 7.87. The van der Waals surface area contributed by atoms with E-state index in [9.17, 15) is 13.2 Å². The van der Waals surface area contributed by atoms with Crippen molar-refractivity contribution in [3.05, 3.63) is 33.8 Å². The van der Waals surface area contributed by atoms with Gasteiger partial charge in [0.15, 0.2) is 15.6 Å². The Kier molecular flexibility index (Phi) is 4.47. The third-order valence-corrected chi connectivity index (χ3v) is 5.64. The number of ketones is 1. The van der Waals surface area contributed by atoms with E-state index in [2.05, 4.69) is 0 Å². The highest BCUT2D eigenvalue weighted by atomic mass is 35.5. The molecule has 0 radical (unpaired) electrons. The maximum atomic E-state index is 12.1. The molecule has 18 heavy (non-hydrogen) atoms. The van der Waals surface area contributed by atoms with Gasteiger partial charge in [-0.15, -0.1) is 0 Å². The summed E-state index contributed by atoms with van der Waals surface area (Å²) in [6, 6.07) is 4.76. The van der Waals surface area contributed by atoms with Crippen LogP contribution in [0.5, 0.6) is 0 Å². The average Bonchev–Trinajstić information content (AvgIpc) is 2.21. The van der Waals surface area contributed by atoms with Crippen molar-refractivity contribution in [1.29, 1.82) is 0 Å². The number of sulfone groups is 1. The maximum Gasteiger partial charge on any atom is 0.159 e. The quantitative estimate of drug-likeness (QED) is 0.859. The molecule has 0 aliphatic heterocycles. The van der Waals surface area contributed by atoms with Crippen LogP contribution in [0, 0.1) is 0 Å². The molecule has 1 aromatic rings. The number of rotatable bonds is 4. The number of benzene rings is 1. The molecule has 0 bridgehead atoms. The molecule has 0 aromatic heterocycles. The number of carbonyl (C=O) groups excluding carboxylic acids is 1. The van der Waals surface area contributed by atoms with Gasteiger partial charge in [-0.05, 0) is 37.6 Å². The number of halogens is 2. The fraction of sp³-hybridized carbons (Fsp3) is 0.417. The third-order valence-electron chi connectivity index (χ3n) is 2.96. The Hall–Kier alpha value is -0.580. The second-order valence-corrected chi connectivity index (χ2v) is 8.03. The van der Waals surface area contributed by atoms with Crippen LogP contribution in [0.1, 0.15) is 19.4 Å². The Morgan fingerprint density at radius 2 is 1.83 bits per heavy atom. The molecule has 6 heteroatoms. The summed E-state index contributed by atoms with van der Waals surface area (Å²) in [5, 5.41) is 0.858. The molecule has 0 spiro atoms. The smallest absolute Gasteiger partial charge is 0.159 e. The predicted molar refractivity (Wildman–Crippen MR) is 74.1 cm³/mol. The van der Waals surface area contributed by atoms with Crippen molar-refractivity contribution < 1.29 is 13.2 Å². The van der Waals surface area contributed by atoms with Crippen molar-refractivity contribution in [3.8, 4) is 0 Å². The molecule has 1 rings (SSSR count). The molecule has 0 unspecified atom stereocenters. The molecule has 0 fully saturated rings. The van der Waals surface area contributed by atoms with Crippen LogP contribution in [0.15, 0.2) is 18.2 Å². The molecular weight excluding hydrogens is 295 g/mol. The topological polar surface area (TPSA) is 51.2 Å². The van der Waals surface area contributed by atoms with Crippen LogP contribution in [-0.2, 0) is 21.1 Å². The van der Waals surface area contributed by atoms with Gasteiger partial charge in [0, 0.05) is 22.7 Å². The minimum Gasteiger partial charge on any atom is -0.298 e. The summed E-state index contributed by atoms with van der Waals surface area (Å²) in [5.74, 6) is -0.408. The molecule has 0 aliphatic carbocycles. The van der Waals surface area contributed by atoms with Crippen LogP contribution in [0.4, 0.5) is 0 Å². The molecule has 0 saturated carbocycles. The van der Waals surface area contributed by atoms with Crippen molar-refractivity contribution >= 4 is 38.8 Å². The lowest BCUT2D eigenvalue weighted by molar-refractivity contribution is -0.120. The van der Waals surface area contributed by atoms with Gasteiger partial charge in [0.1, 0.15) is 4.75 Å². The zero-order valence-corrected chi connectivity index (χ0v) is 12.7. The number of hydrogen-bond donors (Lipinski definition) is 0. The summed E-state index contributed by atoms with van der Waals surface area (Å²) in [5.41, 5.74) is 0.533. The highest BCUT2D eigenvalue weighted by Crippen LogP contribution is 2.25. The van der Waals surface area contributed by atoms with Crippen molar-refractivity contribution in [2.45, 2.75) is 25.0 Å². The van der Waals surface area contributed by atoms with Crippen LogP contribution in [0.2, 0.25) is 10.0 Å². The van der Waals surface area contributed by atoms with E-state index in [-0.39, 0.29) is 6.42 Å². The van der Waals surface area contributed by atoms with E-state index in [4.69, 9.17) is 23.2 Å². The van der Waals surface area contributed by atoms with Crippen molar-refractivity contribution in [3.63, 3.8) is 0 Å². The SMILES string of the molecule is CC(C)(C(=O)Cc1cc(Cl)ccc1Cl)S(C)(=O)=O. The van der Waals surface area contributed by atoms with Gasteiger partial charge in [0.2, 0.25) is 0 Å². The molecule has 0 heterocycles. The van der Waals surface area contributed by atoms with Crippen LogP contribution in [0.3, 0.4) is 0 Å². The van der Waals surface area contributed by atoms with Gasteiger partial charge in [-0.3, -0.25) is 4.79 Å². The highest BCUT2D eigenvalue weighted by Gasteiger charge is 2.37. The molecule has 0 saturated heterocycles. The molecule has 3 nitrogen and oxygen atoms in total. The third kappa shape index (κ3) is 3.25. The van der Waals surface area contributed by atoms with E-state index < -0.39 is 20.4 Å². The highest BCUT2D eigenvalue weighted by molar-refractivity contribution is 7.92. The van der Waals surface area contributed by atoms with E-state index in [1.165, 1.54) is 13.8 Å². The molecule has 0 atom stereocenters. The van der Waals surface area contributed by atoms with Crippen molar-refractivity contribution in [2.24, 2.45) is 0 Å². The molecule has 0 amide bonds. The number of hydrogen-bond acceptors (Lipinski definition) is 3. The van der Waals surface area contributed by atoms with E-state index in [1.807, 2.05) is 0 Å². The van der Waals surface area contributed by atoms with E-state index in [1.54, 1.807) is 18.2 Å². The molecule has 1 aromatic carbocycles. The molecule has 0 N–H and O–H groups in total. The average molecular weight is 309 g/mol. The van der Waals surface area contributed by atoms with Gasteiger partial charge in [0.25, 0.3) is 0 Å². The van der Waals surface area contributed by atoms with Crippen molar-refractivity contribution in [2.75, 3.05) is 6.26 Å². The molecule has 100 valence electrons. The van der Waals surface area contributed by atoms with Gasteiger partial charge in [-0.25, -0.2) is 8.42 Å². The minimum atomic E-state index is -3.47. The Labute approximate surface area is 117 Å². The van der Waals surface area contributed by atoms with Crippen LogP contribution < -0.4 is 0 Å². The van der Waals surface area contributed by atoms with Crippen LogP contribution in [-0.4, -0.2) is 25.2 Å². The van der Waals surface area contributed by atoms with Crippen molar-refractivity contribution in [1.82, 2.24) is 0 Å². The second-order valence-electron chi connectivity index (χ2n) is 4.62. The first-order chi connectivity index (χ1) is 8.05. The second kappa shape index (κ2) is 5.19. The van der Waals surface area contributed by atoms with Gasteiger partial charge < -0.3 is 0 Å². The fourth-order valence-corrected chi connectivity index (χ4v) is 2.14. The van der Waals surface area contributed by atoms with E-state index in [0.717, 1.165) is 6.26 Å². The first-order valence-electron chi connectivity index (χ1n) is 5.22. The minimum absolute atomic E-state index is 0.0561. The lowest BCUT2D eigenvalue weighted by atomic mass is 10.0. The zero-order valence-electron chi connectivity index (χ0n) is 10.3. The predicted octanol–water partition coefficient (Wildman–Crippen LogP) is 2.93. The summed E-state index contributed by atoms with van der Waals surface area (Å²) < 4.78 is 21.7. The fourth-order valence-electron chi connectivity index (χ4n) is 1.27. The zero-order chi connectivity index (χ0) is 14.1. The van der Waals surface area contributed by atoms with Gasteiger partial charge >= 0.3 is 0 Å². The largest absolute Gasteiger partial charge is 0.298 e. The summed E-state index contributed by atoms with van der Waals surface area (Å²) in [4.78, 5) is 12.1. The Morgan fingerprint density at radius 3 is 2.33 bits per heavy atom. The monoisotopic (exact) mass is 308 g/mol. The van der Waals surface area contributed by atoms with Gasteiger partial charge in [-0.1, -0.05) is 23.2 Å². The number of carbonyl (C=O) groups is 1. The summed E-state index contributed by atoms with van der Waals surface area (Å²) in [7, 11) is -3.47. The van der Waals surface area contributed by atoms with Gasteiger partial charge in [0.05, 0.1) is 0 Å². The Balaban J connectivity index is 3.06. The maximum absolute atomic E-state index is 12.1. The normalized spacial score (nSPS) is 12.5. The van der Waals surface area contributed by atoms with E-state index in [0.29, 0.717) is 15.6 Å². The van der Waals surface area contributed by atoms with Gasteiger partial charge in [-0.2, -0.15) is 0 Å². The standard InChI is InChI=1S/C12H14Cl2O3S/c1-12(2,18(3,16)17)11(15)7-8-6-9(13)4-5-10(8)14/h4-6H,7H2,1-3H3.